The molecule has 0 aliphatic rings. The van der Waals surface area contributed by atoms with Crippen molar-refractivity contribution in [1.82, 2.24) is 29.3 Å². The van der Waals surface area contributed by atoms with Gasteiger partial charge in [0.25, 0.3) is 5.56 Å². The van der Waals surface area contributed by atoms with E-state index in [1.54, 1.807) is 10.6 Å². The Bertz CT molecular complexity index is 1220. The Labute approximate surface area is 171 Å². The third-order valence-electron chi connectivity index (χ3n) is 4.66. The third kappa shape index (κ3) is 3.57. The van der Waals surface area contributed by atoms with Crippen molar-refractivity contribution in [3.63, 3.8) is 0 Å². The lowest BCUT2D eigenvalue weighted by atomic mass is 10.2. The summed E-state index contributed by atoms with van der Waals surface area (Å²) in [5.74, 6) is 1.77. The Morgan fingerprint density at radius 1 is 1.31 bits per heavy atom. The minimum atomic E-state index is -0.109. The summed E-state index contributed by atoms with van der Waals surface area (Å²) in [6.07, 6.45) is 4.60. The number of aryl methyl sites for hydroxylation is 1. The average molecular weight is 411 g/mol. The second-order valence-corrected chi connectivity index (χ2v) is 8.06. The number of para-hydroxylation sites is 1. The second-order valence-electron chi connectivity index (χ2n) is 6.75. The molecule has 0 saturated heterocycles. The molecule has 0 saturated carbocycles. The van der Waals surface area contributed by atoms with Gasteiger partial charge in [0.2, 0.25) is 11.7 Å². The van der Waals surface area contributed by atoms with Gasteiger partial charge >= 0.3 is 0 Å². The number of thioether (sulfide) groups is 1. The van der Waals surface area contributed by atoms with Gasteiger partial charge in [0.05, 0.1) is 16.2 Å². The van der Waals surface area contributed by atoms with Crippen LogP contribution >= 0.6 is 11.8 Å². The van der Waals surface area contributed by atoms with Gasteiger partial charge in [0, 0.05) is 13.0 Å². The Morgan fingerprint density at radius 2 is 2.14 bits per heavy atom. The predicted molar refractivity (Wildman–Crippen MR) is 112 cm³/mol. The first-order valence-corrected chi connectivity index (χ1v) is 10.5. The average Bonchev–Trinajstić information content (AvgIpc) is 3.37. The van der Waals surface area contributed by atoms with Crippen LogP contribution in [0.15, 0.2) is 51.4 Å². The molecule has 0 bridgehead atoms. The molecule has 0 amide bonds. The van der Waals surface area contributed by atoms with Crippen LogP contribution in [-0.2, 0) is 13.0 Å². The molecule has 3 aromatic heterocycles. The fraction of sp³-hybridized carbons (Fsp3) is 0.350. The smallest absolute Gasteiger partial charge is 0.263 e. The fourth-order valence-electron chi connectivity index (χ4n) is 3.18. The highest BCUT2D eigenvalue weighted by Gasteiger charge is 2.21. The predicted octanol–water partition coefficient (Wildman–Crippen LogP) is 3.81. The summed E-state index contributed by atoms with van der Waals surface area (Å²) in [5.41, 5.74) is 0.657. The molecule has 1 unspecified atom stereocenters. The highest BCUT2D eigenvalue weighted by Crippen LogP contribution is 2.34. The van der Waals surface area contributed by atoms with Crippen molar-refractivity contribution < 1.29 is 4.52 Å². The second kappa shape index (κ2) is 8.20. The molecule has 0 spiro atoms. The van der Waals surface area contributed by atoms with Gasteiger partial charge in [-0.05, 0) is 25.5 Å². The fourth-order valence-corrected chi connectivity index (χ4v) is 4.07. The van der Waals surface area contributed by atoms with Crippen LogP contribution in [-0.4, -0.2) is 29.3 Å². The molecule has 0 N–H and O–H groups in total. The summed E-state index contributed by atoms with van der Waals surface area (Å²) >= 11 is 1.47. The van der Waals surface area contributed by atoms with Crippen molar-refractivity contribution in [2.24, 2.45) is 0 Å². The molecule has 0 radical (unpaired) electrons. The van der Waals surface area contributed by atoms with Crippen LogP contribution < -0.4 is 5.56 Å². The standard InChI is InChI=1S/C20H22N6O2S/c1-4-6-11-16-21-17(28-24-16)13(3)29-20-23-22-19-25(12-5-2)18(27)14-9-7-8-10-15(14)26(19)20/h5,7-10,13H,2,4,6,11-12H2,1,3H3. The van der Waals surface area contributed by atoms with E-state index in [9.17, 15) is 4.79 Å². The Balaban J connectivity index is 1.76. The van der Waals surface area contributed by atoms with Gasteiger partial charge in [0.15, 0.2) is 11.0 Å². The number of allylic oxidation sites excluding steroid dienone is 1. The summed E-state index contributed by atoms with van der Waals surface area (Å²) in [6, 6.07) is 7.46. The molecule has 8 nitrogen and oxygen atoms in total. The molecule has 1 aromatic carbocycles. The monoisotopic (exact) mass is 410 g/mol. The van der Waals surface area contributed by atoms with Crippen molar-refractivity contribution in [2.75, 3.05) is 0 Å². The van der Waals surface area contributed by atoms with Crippen LogP contribution in [0.25, 0.3) is 16.7 Å². The zero-order chi connectivity index (χ0) is 20.4. The first-order chi connectivity index (χ1) is 14.1. The maximum Gasteiger partial charge on any atom is 0.263 e. The minimum absolute atomic E-state index is 0.108. The molecule has 0 aliphatic carbocycles. The van der Waals surface area contributed by atoms with Crippen LogP contribution in [0.3, 0.4) is 0 Å². The Kier molecular flexibility index (Phi) is 5.48. The lowest BCUT2D eigenvalue weighted by Crippen LogP contribution is -2.22. The zero-order valence-electron chi connectivity index (χ0n) is 16.4. The molecular weight excluding hydrogens is 388 g/mol. The highest BCUT2D eigenvalue weighted by molar-refractivity contribution is 7.99. The van der Waals surface area contributed by atoms with Crippen LogP contribution in [0.1, 0.15) is 43.7 Å². The number of fused-ring (bicyclic) bond motifs is 3. The van der Waals surface area contributed by atoms with Gasteiger partial charge < -0.3 is 4.52 Å². The van der Waals surface area contributed by atoms with E-state index >= 15 is 0 Å². The van der Waals surface area contributed by atoms with Crippen LogP contribution in [0, 0.1) is 0 Å². The Hall–Kier alpha value is -2.94. The number of rotatable bonds is 8. The quantitative estimate of drug-likeness (QED) is 0.322. The van der Waals surface area contributed by atoms with E-state index in [1.807, 2.05) is 35.6 Å². The number of unbranched alkanes of at least 4 members (excludes halogenated alkanes) is 1. The number of aromatic nitrogens is 6. The van der Waals surface area contributed by atoms with E-state index in [0.29, 0.717) is 28.8 Å². The van der Waals surface area contributed by atoms with E-state index in [-0.39, 0.29) is 10.8 Å². The SMILES string of the molecule is C=CCn1c(=O)c2ccccc2n2c(SC(C)c3nc(CCCC)no3)nnc12. The van der Waals surface area contributed by atoms with Gasteiger partial charge in [-0.2, -0.15) is 4.98 Å². The number of benzene rings is 1. The van der Waals surface area contributed by atoms with E-state index < -0.39 is 0 Å². The van der Waals surface area contributed by atoms with Crippen LogP contribution in [0.5, 0.6) is 0 Å². The van der Waals surface area contributed by atoms with Gasteiger partial charge in [-0.25, -0.2) is 0 Å². The summed E-state index contributed by atoms with van der Waals surface area (Å²) in [5, 5.41) is 13.9. The topological polar surface area (TPSA) is 91.1 Å². The lowest BCUT2D eigenvalue weighted by Gasteiger charge is -2.10. The lowest BCUT2D eigenvalue weighted by molar-refractivity contribution is 0.374. The summed E-state index contributed by atoms with van der Waals surface area (Å²) in [4.78, 5) is 17.4. The number of nitrogens with zero attached hydrogens (tertiary/aromatic N) is 6. The normalized spacial score (nSPS) is 12.6. The summed E-state index contributed by atoms with van der Waals surface area (Å²) < 4.78 is 8.92. The van der Waals surface area contributed by atoms with Crippen molar-refractivity contribution in [3.8, 4) is 0 Å². The summed E-state index contributed by atoms with van der Waals surface area (Å²) in [7, 11) is 0. The maximum atomic E-state index is 12.9. The number of hydrogen-bond donors (Lipinski definition) is 0. The summed E-state index contributed by atoms with van der Waals surface area (Å²) in [6.45, 7) is 8.23. The molecule has 4 aromatic rings. The van der Waals surface area contributed by atoms with Crippen molar-refractivity contribution in [2.45, 2.75) is 50.1 Å². The zero-order valence-corrected chi connectivity index (χ0v) is 17.2. The van der Waals surface area contributed by atoms with Gasteiger partial charge in [-0.1, -0.05) is 48.5 Å². The van der Waals surface area contributed by atoms with E-state index in [2.05, 4.69) is 33.8 Å². The minimum Gasteiger partial charge on any atom is -0.338 e. The van der Waals surface area contributed by atoms with Gasteiger partial charge in [-0.15, -0.1) is 16.8 Å². The van der Waals surface area contributed by atoms with E-state index in [0.717, 1.165) is 30.6 Å². The molecule has 9 heteroatoms. The first-order valence-electron chi connectivity index (χ1n) is 9.60. The largest absolute Gasteiger partial charge is 0.338 e. The van der Waals surface area contributed by atoms with E-state index in [1.165, 1.54) is 11.8 Å². The molecule has 0 aliphatic heterocycles. The van der Waals surface area contributed by atoms with E-state index in [4.69, 9.17) is 4.52 Å². The van der Waals surface area contributed by atoms with Crippen molar-refractivity contribution in [3.05, 3.63) is 59.0 Å². The highest BCUT2D eigenvalue weighted by atomic mass is 32.2. The third-order valence-corrected chi connectivity index (χ3v) is 5.69. The first kappa shape index (κ1) is 19.4. The Morgan fingerprint density at radius 3 is 2.93 bits per heavy atom. The van der Waals surface area contributed by atoms with Crippen LogP contribution in [0.2, 0.25) is 0 Å². The molecule has 3 heterocycles. The molecule has 0 fully saturated rings. The molecule has 1 atom stereocenters. The maximum absolute atomic E-state index is 12.9. The van der Waals surface area contributed by atoms with Gasteiger partial charge in [-0.3, -0.25) is 13.8 Å². The molecule has 150 valence electrons. The molecular formula is C20H22N6O2S. The number of hydrogen-bond acceptors (Lipinski definition) is 7. The van der Waals surface area contributed by atoms with Crippen molar-refractivity contribution in [1.29, 1.82) is 0 Å². The van der Waals surface area contributed by atoms with Crippen LogP contribution in [0.4, 0.5) is 0 Å². The molecule has 29 heavy (non-hydrogen) atoms. The van der Waals surface area contributed by atoms with Gasteiger partial charge in [0.1, 0.15) is 0 Å². The molecule has 4 rings (SSSR count). The van der Waals surface area contributed by atoms with Crippen molar-refractivity contribution >= 4 is 28.4 Å².